The molecule has 0 aliphatic heterocycles. The second-order valence-corrected chi connectivity index (χ2v) is 7.08. The third-order valence-corrected chi connectivity index (χ3v) is 4.12. The molecule has 1 rings (SSSR count). The minimum absolute atomic E-state index is 0.261. The Labute approximate surface area is 117 Å². The van der Waals surface area contributed by atoms with Crippen LogP contribution in [0.2, 0.25) is 0 Å². The minimum Gasteiger partial charge on any atom is -0.202 e. The van der Waals surface area contributed by atoms with Crippen molar-refractivity contribution in [2.45, 2.75) is 26.8 Å². The van der Waals surface area contributed by atoms with Gasteiger partial charge in [0.05, 0.1) is 0 Å². The van der Waals surface area contributed by atoms with E-state index in [1.54, 1.807) is 0 Å². The van der Waals surface area contributed by atoms with E-state index in [2.05, 4.69) is 25.4 Å². The molecule has 0 spiro atoms. The quantitative estimate of drug-likeness (QED) is 0.840. The van der Waals surface area contributed by atoms with Gasteiger partial charge in [0.1, 0.15) is 0 Å². The highest BCUT2D eigenvalue weighted by molar-refractivity contribution is 9.10. The van der Waals surface area contributed by atoms with Gasteiger partial charge in [-0.3, -0.25) is 0 Å². The molecular formula is C12H19BrN2O2S. The van der Waals surface area contributed by atoms with Crippen LogP contribution < -0.4 is 9.44 Å². The zero-order chi connectivity index (χ0) is 13.8. The second-order valence-electron chi connectivity index (χ2n) is 4.64. The topological polar surface area (TPSA) is 58.2 Å². The van der Waals surface area contributed by atoms with Crippen molar-refractivity contribution in [1.82, 2.24) is 9.44 Å². The highest BCUT2D eigenvalue weighted by Gasteiger charge is 2.15. The Hall–Kier alpha value is -0.430. The maximum absolute atomic E-state index is 11.8. The van der Waals surface area contributed by atoms with Gasteiger partial charge in [-0.1, -0.05) is 41.9 Å². The summed E-state index contributed by atoms with van der Waals surface area (Å²) < 4.78 is 29.6. The molecule has 0 amide bonds. The van der Waals surface area contributed by atoms with E-state index in [1.165, 1.54) is 0 Å². The van der Waals surface area contributed by atoms with E-state index in [0.717, 1.165) is 10.0 Å². The summed E-state index contributed by atoms with van der Waals surface area (Å²) in [6.45, 7) is 6.17. The van der Waals surface area contributed by atoms with E-state index < -0.39 is 10.2 Å². The Balaban J connectivity index is 2.63. The first-order valence-electron chi connectivity index (χ1n) is 5.82. The fraction of sp³-hybridized carbons (Fsp3) is 0.500. The molecule has 0 fully saturated rings. The van der Waals surface area contributed by atoms with Crippen molar-refractivity contribution >= 4 is 26.1 Å². The lowest BCUT2D eigenvalue weighted by atomic mass is 10.1. The molecule has 0 bridgehead atoms. The number of nitrogens with one attached hydrogen (secondary N) is 2. The van der Waals surface area contributed by atoms with E-state index in [-0.39, 0.29) is 12.0 Å². The standard InChI is InChI=1S/C12H19BrN2O2S/c1-9(2)8-14-18(16,17)15-10(3)11-4-6-12(13)7-5-11/h4-7,9-10,14-15H,8H2,1-3H3. The zero-order valence-electron chi connectivity index (χ0n) is 10.8. The van der Waals surface area contributed by atoms with E-state index in [0.29, 0.717) is 6.54 Å². The molecule has 0 saturated heterocycles. The summed E-state index contributed by atoms with van der Waals surface area (Å²) in [7, 11) is -3.45. The summed E-state index contributed by atoms with van der Waals surface area (Å²) in [5.74, 6) is 0.282. The second kappa shape index (κ2) is 6.65. The van der Waals surface area contributed by atoms with Crippen LogP contribution in [0.1, 0.15) is 32.4 Å². The van der Waals surface area contributed by atoms with Crippen LogP contribution in [0.3, 0.4) is 0 Å². The number of benzene rings is 1. The Morgan fingerprint density at radius 3 is 2.22 bits per heavy atom. The van der Waals surface area contributed by atoms with Crippen LogP contribution in [0.25, 0.3) is 0 Å². The van der Waals surface area contributed by atoms with Gasteiger partial charge < -0.3 is 0 Å². The van der Waals surface area contributed by atoms with Crippen molar-refractivity contribution in [2.24, 2.45) is 5.92 Å². The number of rotatable bonds is 6. The molecule has 1 atom stereocenters. The van der Waals surface area contributed by atoms with Crippen molar-refractivity contribution in [3.63, 3.8) is 0 Å². The normalized spacial score (nSPS) is 13.8. The first-order valence-corrected chi connectivity index (χ1v) is 8.10. The van der Waals surface area contributed by atoms with Gasteiger partial charge in [-0.25, -0.2) is 4.72 Å². The Morgan fingerprint density at radius 2 is 1.72 bits per heavy atom. The van der Waals surface area contributed by atoms with Crippen molar-refractivity contribution in [2.75, 3.05) is 6.54 Å². The average Bonchev–Trinajstić information content (AvgIpc) is 2.27. The molecule has 102 valence electrons. The van der Waals surface area contributed by atoms with Crippen molar-refractivity contribution < 1.29 is 8.42 Å². The molecule has 0 saturated carbocycles. The molecule has 0 heterocycles. The van der Waals surface area contributed by atoms with E-state index in [9.17, 15) is 8.42 Å². The van der Waals surface area contributed by atoms with Crippen molar-refractivity contribution in [3.05, 3.63) is 34.3 Å². The molecule has 0 aliphatic rings. The van der Waals surface area contributed by atoms with Crippen molar-refractivity contribution in [3.8, 4) is 0 Å². The molecule has 1 aromatic rings. The summed E-state index contributed by atoms with van der Waals surface area (Å²) in [5, 5.41) is 0. The highest BCUT2D eigenvalue weighted by Crippen LogP contribution is 2.16. The predicted octanol–water partition coefficient (Wildman–Crippen LogP) is 2.59. The van der Waals surface area contributed by atoms with Crippen LogP contribution in [-0.2, 0) is 10.2 Å². The van der Waals surface area contributed by atoms with Gasteiger partial charge >= 0.3 is 0 Å². The molecular weight excluding hydrogens is 316 g/mol. The van der Waals surface area contributed by atoms with Gasteiger partial charge in [0, 0.05) is 17.1 Å². The molecule has 1 aromatic carbocycles. The molecule has 0 aromatic heterocycles. The lowest BCUT2D eigenvalue weighted by molar-refractivity contribution is 0.536. The smallest absolute Gasteiger partial charge is 0.202 e. The number of halogens is 1. The zero-order valence-corrected chi connectivity index (χ0v) is 13.2. The third-order valence-electron chi connectivity index (χ3n) is 2.38. The largest absolute Gasteiger partial charge is 0.277 e. The van der Waals surface area contributed by atoms with Crippen LogP contribution in [0, 0.1) is 5.92 Å². The van der Waals surface area contributed by atoms with E-state index in [1.807, 2.05) is 45.0 Å². The van der Waals surface area contributed by atoms with Crippen LogP contribution >= 0.6 is 15.9 Å². The summed E-state index contributed by atoms with van der Waals surface area (Å²) in [6, 6.07) is 7.30. The summed E-state index contributed by atoms with van der Waals surface area (Å²) >= 11 is 3.35. The SMILES string of the molecule is CC(C)CNS(=O)(=O)NC(C)c1ccc(Br)cc1. The molecule has 18 heavy (non-hydrogen) atoms. The Kier molecular flexibility index (Phi) is 5.78. The van der Waals surface area contributed by atoms with Crippen LogP contribution in [-0.4, -0.2) is 15.0 Å². The van der Waals surface area contributed by atoms with E-state index >= 15 is 0 Å². The highest BCUT2D eigenvalue weighted by atomic mass is 79.9. The van der Waals surface area contributed by atoms with Gasteiger partial charge in [-0.15, -0.1) is 0 Å². The fourth-order valence-electron chi connectivity index (χ4n) is 1.37. The van der Waals surface area contributed by atoms with Gasteiger partial charge in [0.25, 0.3) is 10.2 Å². The molecule has 4 nitrogen and oxygen atoms in total. The Bertz CT molecular complexity index is 471. The van der Waals surface area contributed by atoms with Crippen LogP contribution in [0.15, 0.2) is 28.7 Å². The third kappa shape index (κ3) is 5.48. The monoisotopic (exact) mass is 334 g/mol. The lowest BCUT2D eigenvalue weighted by Gasteiger charge is -2.16. The van der Waals surface area contributed by atoms with Gasteiger partial charge in [-0.05, 0) is 30.5 Å². The molecule has 0 aliphatic carbocycles. The van der Waals surface area contributed by atoms with Crippen LogP contribution in [0.5, 0.6) is 0 Å². The van der Waals surface area contributed by atoms with Gasteiger partial charge in [0.2, 0.25) is 0 Å². The molecule has 6 heteroatoms. The van der Waals surface area contributed by atoms with Crippen molar-refractivity contribution in [1.29, 1.82) is 0 Å². The Morgan fingerprint density at radius 1 is 1.17 bits per heavy atom. The van der Waals surface area contributed by atoms with Crippen LogP contribution in [0.4, 0.5) is 0 Å². The summed E-state index contributed by atoms with van der Waals surface area (Å²) in [6.07, 6.45) is 0. The number of hydrogen-bond donors (Lipinski definition) is 2. The maximum atomic E-state index is 11.8. The summed E-state index contributed by atoms with van der Waals surface area (Å²) in [4.78, 5) is 0. The summed E-state index contributed by atoms with van der Waals surface area (Å²) in [5.41, 5.74) is 0.924. The number of hydrogen-bond acceptors (Lipinski definition) is 2. The fourth-order valence-corrected chi connectivity index (χ4v) is 2.87. The first kappa shape index (κ1) is 15.6. The first-order chi connectivity index (χ1) is 8.30. The van der Waals surface area contributed by atoms with E-state index in [4.69, 9.17) is 0 Å². The molecule has 2 N–H and O–H groups in total. The van der Waals surface area contributed by atoms with Gasteiger partial charge in [-0.2, -0.15) is 13.1 Å². The average molecular weight is 335 g/mol. The lowest BCUT2D eigenvalue weighted by Crippen LogP contribution is -2.39. The molecule has 0 radical (unpaired) electrons. The predicted molar refractivity (Wildman–Crippen MR) is 77.5 cm³/mol. The molecule has 1 unspecified atom stereocenters. The maximum Gasteiger partial charge on any atom is 0.277 e. The minimum atomic E-state index is -3.45. The van der Waals surface area contributed by atoms with Gasteiger partial charge in [0.15, 0.2) is 0 Å².